The van der Waals surface area contributed by atoms with E-state index in [9.17, 15) is 0 Å². The molecule has 2 rings (SSSR count). The lowest BCUT2D eigenvalue weighted by atomic mass is 10.0. The number of rotatable bonds is 6. The zero-order valence-electron chi connectivity index (χ0n) is 11.8. The van der Waals surface area contributed by atoms with Gasteiger partial charge in [0.15, 0.2) is 0 Å². The fraction of sp³-hybridized carbons (Fsp3) is 0.294. The van der Waals surface area contributed by atoms with Crippen molar-refractivity contribution in [2.45, 2.75) is 19.0 Å². The van der Waals surface area contributed by atoms with Gasteiger partial charge in [0.1, 0.15) is 0 Å². The summed E-state index contributed by atoms with van der Waals surface area (Å²) in [6.07, 6.45) is 0.935. The summed E-state index contributed by atoms with van der Waals surface area (Å²) < 4.78 is 0. The zero-order chi connectivity index (χ0) is 14.4. The van der Waals surface area contributed by atoms with Gasteiger partial charge in [-0.25, -0.2) is 0 Å². The largest absolute Gasteiger partial charge is 0.324 e. The van der Waals surface area contributed by atoms with Gasteiger partial charge in [-0.1, -0.05) is 60.1 Å². The molecule has 2 N–H and O–H groups in total. The molecule has 0 heterocycles. The Morgan fingerprint density at radius 1 is 1.05 bits per heavy atom. The number of halogens is 1. The van der Waals surface area contributed by atoms with Crippen molar-refractivity contribution in [2.75, 3.05) is 13.6 Å². The first-order valence-electron chi connectivity index (χ1n) is 6.89. The van der Waals surface area contributed by atoms with Crippen molar-refractivity contribution in [3.63, 3.8) is 0 Å². The van der Waals surface area contributed by atoms with Gasteiger partial charge in [0.25, 0.3) is 0 Å². The highest BCUT2D eigenvalue weighted by atomic mass is 35.5. The molecular formula is C17H21ClN2. The first-order valence-corrected chi connectivity index (χ1v) is 7.27. The third-order valence-electron chi connectivity index (χ3n) is 3.45. The number of benzene rings is 2. The van der Waals surface area contributed by atoms with Crippen LogP contribution >= 0.6 is 11.6 Å². The molecule has 1 unspecified atom stereocenters. The predicted octanol–water partition coefficient (Wildman–Crippen LogP) is 3.86. The van der Waals surface area contributed by atoms with E-state index in [2.05, 4.69) is 30.1 Å². The summed E-state index contributed by atoms with van der Waals surface area (Å²) in [6.45, 7) is 1.79. The SMILES string of the molecule is CN(CCC(N)c1ccccc1)Cc1ccccc1Cl. The number of nitrogens with zero attached hydrogens (tertiary/aromatic N) is 1. The van der Waals surface area contributed by atoms with Crippen LogP contribution in [0.1, 0.15) is 23.6 Å². The second-order valence-electron chi connectivity index (χ2n) is 5.14. The van der Waals surface area contributed by atoms with Crippen LogP contribution in [0.5, 0.6) is 0 Å². The van der Waals surface area contributed by atoms with Crippen molar-refractivity contribution < 1.29 is 0 Å². The molecule has 0 aromatic heterocycles. The smallest absolute Gasteiger partial charge is 0.0451 e. The molecule has 0 bridgehead atoms. The number of nitrogens with two attached hydrogens (primary N) is 1. The third kappa shape index (κ3) is 4.34. The Labute approximate surface area is 126 Å². The molecule has 0 saturated carbocycles. The molecule has 1 atom stereocenters. The van der Waals surface area contributed by atoms with Crippen LogP contribution in [0.3, 0.4) is 0 Å². The second kappa shape index (κ2) is 7.44. The van der Waals surface area contributed by atoms with Gasteiger partial charge in [-0.15, -0.1) is 0 Å². The maximum Gasteiger partial charge on any atom is 0.0451 e. The van der Waals surface area contributed by atoms with Gasteiger partial charge in [-0.2, -0.15) is 0 Å². The molecule has 20 heavy (non-hydrogen) atoms. The molecule has 0 aliphatic rings. The van der Waals surface area contributed by atoms with Gasteiger partial charge in [0.05, 0.1) is 0 Å². The number of hydrogen-bond acceptors (Lipinski definition) is 2. The van der Waals surface area contributed by atoms with E-state index in [4.69, 9.17) is 17.3 Å². The maximum atomic E-state index is 6.21. The monoisotopic (exact) mass is 288 g/mol. The van der Waals surface area contributed by atoms with Crippen molar-refractivity contribution >= 4 is 11.6 Å². The van der Waals surface area contributed by atoms with Crippen LogP contribution < -0.4 is 5.73 Å². The minimum Gasteiger partial charge on any atom is -0.324 e. The van der Waals surface area contributed by atoms with E-state index in [0.717, 1.165) is 30.1 Å². The summed E-state index contributed by atoms with van der Waals surface area (Å²) in [5.74, 6) is 0. The molecule has 0 radical (unpaired) electrons. The minimum atomic E-state index is 0.0879. The van der Waals surface area contributed by atoms with Crippen LogP contribution in [0.25, 0.3) is 0 Å². The van der Waals surface area contributed by atoms with Gasteiger partial charge in [0.2, 0.25) is 0 Å². The van der Waals surface area contributed by atoms with Crippen LogP contribution in [0.15, 0.2) is 54.6 Å². The topological polar surface area (TPSA) is 29.3 Å². The molecule has 2 aromatic carbocycles. The van der Waals surface area contributed by atoms with Gasteiger partial charge in [0, 0.05) is 17.6 Å². The molecule has 0 fully saturated rings. The summed E-state index contributed by atoms with van der Waals surface area (Å²) in [4.78, 5) is 2.25. The molecular weight excluding hydrogens is 268 g/mol. The van der Waals surface area contributed by atoms with Crippen LogP contribution in [0.2, 0.25) is 5.02 Å². The summed E-state index contributed by atoms with van der Waals surface area (Å²) in [7, 11) is 2.10. The molecule has 3 heteroatoms. The second-order valence-corrected chi connectivity index (χ2v) is 5.54. The lowest BCUT2D eigenvalue weighted by molar-refractivity contribution is 0.311. The normalized spacial score (nSPS) is 12.6. The lowest BCUT2D eigenvalue weighted by Crippen LogP contribution is -2.23. The van der Waals surface area contributed by atoms with E-state index in [1.807, 2.05) is 36.4 Å². The Morgan fingerprint density at radius 3 is 2.40 bits per heavy atom. The Hall–Kier alpha value is -1.35. The predicted molar refractivity (Wildman–Crippen MR) is 85.8 cm³/mol. The fourth-order valence-corrected chi connectivity index (χ4v) is 2.42. The van der Waals surface area contributed by atoms with E-state index in [1.165, 1.54) is 5.56 Å². The zero-order valence-corrected chi connectivity index (χ0v) is 12.6. The molecule has 106 valence electrons. The minimum absolute atomic E-state index is 0.0879. The van der Waals surface area contributed by atoms with Gasteiger partial charge in [-0.3, -0.25) is 0 Å². The van der Waals surface area contributed by atoms with E-state index in [0.29, 0.717) is 0 Å². The van der Waals surface area contributed by atoms with Crippen LogP contribution in [0.4, 0.5) is 0 Å². The van der Waals surface area contributed by atoms with E-state index < -0.39 is 0 Å². The maximum absolute atomic E-state index is 6.21. The van der Waals surface area contributed by atoms with Gasteiger partial charge < -0.3 is 10.6 Å². The summed E-state index contributed by atoms with van der Waals surface area (Å²) >= 11 is 6.18. The standard InChI is InChI=1S/C17H21ClN2/c1-20(13-15-9-5-6-10-16(15)18)12-11-17(19)14-7-3-2-4-8-14/h2-10,17H,11-13,19H2,1H3. The van der Waals surface area contributed by atoms with E-state index in [1.54, 1.807) is 0 Å². The van der Waals surface area contributed by atoms with Crippen molar-refractivity contribution in [3.8, 4) is 0 Å². The number of hydrogen-bond donors (Lipinski definition) is 1. The first kappa shape index (κ1) is 15.0. The quantitative estimate of drug-likeness (QED) is 0.874. The fourth-order valence-electron chi connectivity index (χ4n) is 2.22. The van der Waals surface area contributed by atoms with Crippen molar-refractivity contribution in [2.24, 2.45) is 5.73 Å². The molecule has 0 aliphatic heterocycles. The highest BCUT2D eigenvalue weighted by Crippen LogP contribution is 2.18. The molecule has 2 nitrogen and oxygen atoms in total. The van der Waals surface area contributed by atoms with E-state index in [-0.39, 0.29) is 6.04 Å². The molecule has 2 aromatic rings. The Kier molecular flexibility index (Phi) is 5.60. The summed E-state index contributed by atoms with van der Waals surface area (Å²) in [5, 5.41) is 0.826. The molecule has 0 spiro atoms. The van der Waals surface area contributed by atoms with Crippen LogP contribution in [0, 0.1) is 0 Å². The van der Waals surface area contributed by atoms with Crippen molar-refractivity contribution in [1.29, 1.82) is 0 Å². The summed E-state index contributed by atoms with van der Waals surface area (Å²) in [5.41, 5.74) is 8.56. The average molecular weight is 289 g/mol. The van der Waals surface area contributed by atoms with Crippen molar-refractivity contribution in [3.05, 3.63) is 70.7 Å². The first-order chi connectivity index (χ1) is 9.66. The highest BCUT2D eigenvalue weighted by Gasteiger charge is 2.08. The Morgan fingerprint density at radius 2 is 1.70 bits per heavy atom. The average Bonchev–Trinajstić information content (AvgIpc) is 2.48. The van der Waals surface area contributed by atoms with Crippen LogP contribution in [-0.4, -0.2) is 18.5 Å². The highest BCUT2D eigenvalue weighted by molar-refractivity contribution is 6.31. The molecule has 0 saturated heterocycles. The molecule has 0 amide bonds. The van der Waals surface area contributed by atoms with Crippen LogP contribution in [-0.2, 0) is 6.54 Å². The van der Waals surface area contributed by atoms with E-state index >= 15 is 0 Å². The Bertz CT molecular complexity index is 528. The van der Waals surface area contributed by atoms with Gasteiger partial charge in [-0.05, 0) is 37.2 Å². The third-order valence-corrected chi connectivity index (χ3v) is 3.82. The Balaban J connectivity index is 1.84. The van der Waals surface area contributed by atoms with Crippen molar-refractivity contribution in [1.82, 2.24) is 4.90 Å². The summed E-state index contributed by atoms with van der Waals surface area (Å²) in [6, 6.07) is 18.3. The van der Waals surface area contributed by atoms with Gasteiger partial charge >= 0.3 is 0 Å². The molecule has 0 aliphatic carbocycles. The lowest BCUT2D eigenvalue weighted by Gasteiger charge is -2.20.